The van der Waals surface area contributed by atoms with Gasteiger partial charge in [-0.25, -0.2) is 0 Å². The van der Waals surface area contributed by atoms with Crippen LogP contribution < -0.4 is 42.5 Å². The summed E-state index contributed by atoms with van der Waals surface area (Å²) in [6.07, 6.45) is -0.0652. The average Bonchev–Trinajstić information content (AvgIpc) is 3.73. The van der Waals surface area contributed by atoms with Crippen molar-refractivity contribution in [3.8, 4) is 0 Å². The van der Waals surface area contributed by atoms with Crippen molar-refractivity contribution in [3.63, 3.8) is 0 Å². The Morgan fingerprint density at radius 1 is 0.225 bits per heavy atom. The smallest absolute Gasteiger partial charge is 0.0868 e. The average molecular weight is 529 g/mol. The molecule has 0 aromatic heterocycles. The molecule has 0 aliphatic carbocycles. The first-order valence-corrected chi connectivity index (χ1v) is 14.2. The second-order valence-corrected chi connectivity index (χ2v) is 11.3. The molecule has 1 saturated heterocycles. The predicted molar refractivity (Wildman–Crippen MR) is 153 cm³/mol. The van der Waals surface area contributed by atoms with Crippen LogP contribution in [0.2, 0.25) is 0 Å². The standard InChI is InChI=1S/C32H32N8/c1-2-10-18-17(9-1)25-33-26(18)38-28-21-13-5-6-14-22(21)30(35-28)40-32-24-16-8-7-15-23(24)31(36-32)39-29-20-12-4-3-11-19(20)27(34-29)37-25/h1-16,25-40H. The van der Waals surface area contributed by atoms with Crippen LogP contribution in [-0.4, -0.2) is 0 Å². The third-order valence-electron chi connectivity index (χ3n) is 9.14. The molecule has 5 heterocycles. The Balaban J connectivity index is 1.15. The van der Waals surface area contributed by atoms with Crippen molar-refractivity contribution in [1.29, 1.82) is 0 Å². The zero-order chi connectivity index (χ0) is 26.2. The van der Waals surface area contributed by atoms with Gasteiger partial charge in [-0.1, -0.05) is 97.1 Å². The Hall–Kier alpha value is -3.44. The zero-order valence-electron chi connectivity index (χ0n) is 21.9. The summed E-state index contributed by atoms with van der Waals surface area (Å²) in [5.41, 5.74) is 10.2. The fourth-order valence-corrected chi connectivity index (χ4v) is 7.30. The summed E-state index contributed by atoms with van der Waals surface area (Å²) >= 11 is 0. The third-order valence-corrected chi connectivity index (χ3v) is 9.14. The van der Waals surface area contributed by atoms with Crippen LogP contribution in [0.3, 0.4) is 0 Å². The molecule has 0 unspecified atom stereocenters. The largest absolute Gasteiger partial charge is 0.279 e. The van der Waals surface area contributed by atoms with Crippen molar-refractivity contribution in [2.24, 2.45) is 0 Å². The number of fused-ring (bicyclic) bond motifs is 20. The van der Waals surface area contributed by atoms with E-state index in [1.165, 1.54) is 44.5 Å². The minimum atomic E-state index is -0.00815. The first-order chi connectivity index (χ1) is 19.8. The highest BCUT2D eigenvalue weighted by Crippen LogP contribution is 2.41. The molecular formula is C32H32N8. The lowest BCUT2D eigenvalue weighted by atomic mass is 10.0. The van der Waals surface area contributed by atoms with Crippen molar-refractivity contribution in [3.05, 3.63) is 142 Å². The van der Waals surface area contributed by atoms with Crippen molar-refractivity contribution in [2.75, 3.05) is 0 Å². The van der Waals surface area contributed by atoms with Crippen LogP contribution in [0.4, 0.5) is 0 Å². The van der Waals surface area contributed by atoms with Gasteiger partial charge in [-0.2, -0.15) is 0 Å². The maximum absolute atomic E-state index is 3.90. The minimum Gasteiger partial charge on any atom is -0.279 e. The monoisotopic (exact) mass is 528 g/mol. The molecule has 5 aliphatic rings. The van der Waals surface area contributed by atoms with E-state index in [4.69, 9.17) is 0 Å². The molecule has 8 N–H and O–H groups in total. The molecule has 4 aromatic rings. The molecule has 8 heteroatoms. The Kier molecular flexibility index (Phi) is 5.26. The highest BCUT2D eigenvalue weighted by molar-refractivity contribution is 5.43. The molecule has 4 aromatic carbocycles. The predicted octanol–water partition coefficient (Wildman–Crippen LogP) is 3.56. The lowest BCUT2D eigenvalue weighted by Crippen LogP contribution is -2.47. The van der Waals surface area contributed by atoms with E-state index < -0.39 is 0 Å². The maximum Gasteiger partial charge on any atom is 0.0868 e. The summed E-state index contributed by atoms with van der Waals surface area (Å²) in [5, 5.41) is 31.0. The topological polar surface area (TPSA) is 96.2 Å². The van der Waals surface area contributed by atoms with Gasteiger partial charge in [0.1, 0.15) is 0 Å². The van der Waals surface area contributed by atoms with Crippen molar-refractivity contribution in [1.82, 2.24) is 42.5 Å². The maximum atomic E-state index is 3.90. The van der Waals surface area contributed by atoms with E-state index in [1.807, 2.05) is 0 Å². The molecule has 1 fully saturated rings. The second-order valence-electron chi connectivity index (χ2n) is 11.3. The van der Waals surface area contributed by atoms with Crippen LogP contribution >= 0.6 is 0 Å². The van der Waals surface area contributed by atoms with Gasteiger partial charge >= 0.3 is 0 Å². The molecule has 0 radical (unpaired) electrons. The van der Waals surface area contributed by atoms with Crippen molar-refractivity contribution >= 4 is 0 Å². The second kappa shape index (κ2) is 9.04. The molecule has 200 valence electrons. The molecule has 8 nitrogen and oxygen atoms in total. The lowest BCUT2D eigenvalue weighted by Gasteiger charge is -2.28. The molecule has 5 aliphatic heterocycles. The highest BCUT2D eigenvalue weighted by Gasteiger charge is 2.41. The minimum absolute atomic E-state index is 0.00815. The van der Waals surface area contributed by atoms with Crippen LogP contribution in [0.25, 0.3) is 0 Å². The van der Waals surface area contributed by atoms with E-state index in [0.717, 1.165) is 0 Å². The molecule has 40 heavy (non-hydrogen) atoms. The van der Waals surface area contributed by atoms with Crippen molar-refractivity contribution < 1.29 is 0 Å². The number of hydrogen-bond donors (Lipinski definition) is 8. The van der Waals surface area contributed by atoms with Gasteiger partial charge in [0.05, 0.1) is 49.3 Å². The molecule has 0 atom stereocenters. The normalized spacial score (nSPS) is 33.2. The van der Waals surface area contributed by atoms with Gasteiger partial charge in [0.25, 0.3) is 0 Å². The van der Waals surface area contributed by atoms with Gasteiger partial charge in [-0.3, -0.25) is 42.5 Å². The van der Waals surface area contributed by atoms with Gasteiger partial charge in [-0.15, -0.1) is 0 Å². The Labute approximate surface area is 233 Å². The Morgan fingerprint density at radius 2 is 0.350 bits per heavy atom. The van der Waals surface area contributed by atoms with Gasteiger partial charge in [0.2, 0.25) is 0 Å². The highest BCUT2D eigenvalue weighted by atomic mass is 15.4. The van der Waals surface area contributed by atoms with Gasteiger partial charge in [0, 0.05) is 0 Å². The first-order valence-electron chi connectivity index (χ1n) is 14.2. The quantitative estimate of drug-likeness (QED) is 0.176. The number of nitrogens with one attached hydrogen (secondary N) is 8. The molecule has 0 amide bonds. The van der Waals surface area contributed by atoms with E-state index in [0.29, 0.717) is 0 Å². The zero-order valence-corrected chi connectivity index (χ0v) is 21.9. The number of rotatable bonds is 0. The van der Waals surface area contributed by atoms with Crippen LogP contribution in [0.1, 0.15) is 93.8 Å². The van der Waals surface area contributed by atoms with E-state index in [2.05, 4.69) is 140 Å². The van der Waals surface area contributed by atoms with Crippen LogP contribution in [0.5, 0.6) is 0 Å². The molecular weight excluding hydrogens is 496 g/mol. The summed E-state index contributed by atoms with van der Waals surface area (Å²) in [6.45, 7) is 0. The molecule has 0 saturated carbocycles. The molecule has 8 bridgehead atoms. The first kappa shape index (κ1) is 23.3. The molecule has 9 rings (SSSR count). The van der Waals surface area contributed by atoms with E-state index in [-0.39, 0.29) is 49.3 Å². The third kappa shape index (κ3) is 3.56. The van der Waals surface area contributed by atoms with Gasteiger partial charge in [0.15, 0.2) is 0 Å². The Morgan fingerprint density at radius 3 is 0.475 bits per heavy atom. The fraction of sp³-hybridized carbons (Fsp3) is 0.250. The lowest BCUT2D eigenvalue weighted by molar-refractivity contribution is 0.248. The van der Waals surface area contributed by atoms with Crippen molar-refractivity contribution in [2.45, 2.75) is 49.3 Å². The van der Waals surface area contributed by atoms with Gasteiger partial charge in [-0.05, 0) is 44.5 Å². The SMILES string of the molecule is c1ccc2c(c1)C1NC2NC2NC(NC3NC(NC4NC(N1)c1ccccc14)c1ccccc13)c1ccccc12. The van der Waals surface area contributed by atoms with Crippen LogP contribution in [-0.2, 0) is 0 Å². The summed E-state index contributed by atoms with van der Waals surface area (Å²) in [5.74, 6) is 0. The molecule has 0 spiro atoms. The van der Waals surface area contributed by atoms with E-state index in [1.54, 1.807) is 0 Å². The summed E-state index contributed by atoms with van der Waals surface area (Å²) in [7, 11) is 0. The summed E-state index contributed by atoms with van der Waals surface area (Å²) in [6, 6.07) is 34.9. The fourth-order valence-electron chi connectivity index (χ4n) is 7.30. The summed E-state index contributed by atoms with van der Waals surface area (Å²) < 4.78 is 0. The number of benzene rings is 4. The van der Waals surface area contributed by atoms with Crippen LogP contribution in [0, 0.1) is 0 Å². The van der Waals surface area contributed by atoms with Crippen LogP contribution in [0.15, 0.2) is 97.1 Å². The van der Waals surface area contributed by atoms with E-state index in [9.17, 15) is 0 Å². The van der Waals surface area contributed by atoms with Gasteiger partial charge < -0.3 is 0 Å². The summed E-state index contributed by atoms with van der Waals surface area (Å²) in [4.78, 5) is 0. The Bertz CT molecular complexity index is 1260. The van der Waals surface area contributed by atoms with E-state index >= 15 is 0 Å². The number of hydrogen-bond acceptors (Lipinski definition) is 8.